The van der Waals surface area contributed by atoms with E-state index in [1.807, 2.05) is 48.0 Å². The van der Waals surface area contributed by atoms with Crippen molar-refractivity contribution in [3.05, 3.63) is 42.2 Å². The summed E-state index contributed by atoms with van der Waals surface area (Å²) in [5, 5.41) is 0. The number of fused-ring (bicyclic) bond motifs is 1. The highest BCUT2D eigenvalue weighted by molar-refractivity contribution is 6.03. The smallest absolute Gasteiger partial charge is 0.190 e. The average molecular weight is 203 g/mol. The minimum absolute atomic E-state index is 0.0329. The molecular weight excluding hydrogens is 190 g/mol. The van der Waals surface area contributed by atoms with Crippen LogP contribution in [0.15, 0.2) is 36.7 Å². The van der Waals surface area contributed by atoms with Gasteiger partial charge in [0, 0.05) is 24.6 Å². The number of ether oxygens (including phenoxy) is 1. The molecule has 0 amide bonds. The summed E-state index contributed by atoms with van der Waals surface area (Å²) >= 11 is 0. The van der Waals surface area contributed by atoms with Crippen LogP contribution in [0.4, 0.5) is 0 Å². The van der Waals surface area contributed by atoms with Crippen LogP contribution in [0.25, 0.3) is 5.52 Å². The van der Waals surface area contributed by atoms with Crippen LogP contribution in [0.3, 0.4) is 0 Å². The van der Waals surface area contributed by atoms with Crippen molar-refractivity contribution >= 4 is 11.3 Å². The van der Waals surface area contributed by atoms with Gasteiger partial charge < -0.3 is 9.14 Å². The van der Waals surface area contributed by atoms with Crippen LogP contribution < -0.4 is 0 Å². The number of nitrogens with zero attached hydrogens (tertiary/aromatic N) is 1. The highest BCUT2D eigenvalue weighted by atomic mass is 16.5. The lowest BCUT2D eigenvalue weighted by Gasteiger charge is -2.00. The fourth-order valence-corrected chi connectivity index (χ4v) is 1.56. The van der Waals surface area contributed by atoms with Gasteiger partial charge in [-0.05, 0) is 25.1 Å². The van der Waals surface area contributed by atoms with Crippen molar-refractivity contribution in [1.29, 1.82) is 0 Å². The maximum absolute atomic E-state index is 11.7. The zero-order chi connectivity index (χ0) is 10.7. The van der Waals surface area contributed by atoms with E-state index in [-0.39, 0.29) is 12.4 Å². The fourth-order valence-electron chi connectivity index (χ4n) is 1.56. The van der Waals surface area contributed by atoms with Gasteiger partial charge >= 0.3 is 0 Å². The van der Waals surface area contributed by atoms with Gasteiger partial charge in [-0.1, -0.05) is 6.07 Å². The molecule has 0 saturated heterocycles. The molecule has 3 heteroatoms. The van der Waals surface area contributed by atoms with E-state index in [0.29, 0.717) is 6.61 Å². The first-order valence-electron chi connectivity index (χ1n) is 4.99. The Morgan fingerprint density at radius 3 is 3.00 bits per heavy atom. The Labute approximate surface area is 88.3 Å². The lowest BCUT2D eigenvalue weighted by Crippen LogP contribution is -2.08. The Bertz CT molecular complexity index is 473. The van der Waals surface area contributed by atoms with Gasteiger partial charge in [-0.25, -0.2) is 0 Å². The molecule has 0 saturated carbocycles. The van der Waals surface area contributed by atoms with Gasteiger partial charge in [0.15, 0.2) is 5.78 Å². The fraction of sp³-hybridized carbons (Fsp3) is 0.250. The molecule has 0 aliphatic carbocycles. The summed E-state index contributed by atoms with van der Waals surface area (Å²) in [6.07, 6.45) is 3.81. The molecule has 0 N–H and O–H groups in total. The van der Waals surface area contributed by atoms with Crippen molar-refractivity contribution in [2.45, 2.75) is 6.92 Å². The summed E-state index contributed by atoms with van der Waals surface area (Å²) in [5.74, 6) is 0.0329. The number of hydrogen-bond acceptors (Lipinski definition) is 2. The van der Waals surface area contributed by atoms with E-state index in [2.05, 4.69) is 0 Å². The van der Waals surface area contributed by atoms with Gasteiger partial charge in [0.05, 0.1) is 5.52 Å². The molecule has 3 nitrogen and oxygen atoms in total. The zero-order valence-corrected chi connectivity index (χ0v) is 8.64. The Morgan fingerprint density at radius 2 is 2.20 bits per heavy atom. The summed E-state index contributed by atoms with van der Waals surface area (Å²) in [4.78, 5) is 11.7. The largest absolute Gasteiger partial charge is 0.374 e. The van der Waals surface area contributed by atoms with E-state index in [1.54, 1.807) is 0 Å². The maximum Gasteiger partial charge on any atom is 0.190 e. The van der Waals surface area contributed by atoms with Gasteiger partial charge in [0.25, 0.3) is 0 Å². The Hall–Kier alpha value is -1.61. The molecule has 0 aromatic carbocycles. The molecule has 78 valence electrons. The first-order valence-corrected chi connectivity index (χ1v) is 4.99. The molecule has 0 aliphatic rings. The van der Waals surface area contributed by atoms with Gasteiger partial charge in [0.2, 0.25) is 0 Å². The Kier molecular flexibility index (Phi) is 2.83. The third-order valence-corrected chi connectivity index (χ3v) is 2.31. The van der Waals surface area contributed by atoms with Crippen molar-refractivity contribution in [1.82, 2.24) is 4.40 Å². The van der Waals surface area contributed by atoms with E-state index in [4.69, 9.17) is 4.74 Å². The first kappa shape index (κ1) is 9.93. The highest BCUT2D eigenvalue weighted by Gasteiger charge is 2.10. The van der Waals surface area contributed by atoms with Crippen molar-refractivity contribution in [3.63, 3.8) is 0 Å². The summed E-state index contributed by atoms with van der Waals surface area (Å²) in [5.41, 5.74) is 1.66. The Balaban J connectivity index is 2.31. The lowest BCUT2D eigenvalue weighted by atomic mass is 10.2. The lowest BCUT2D eigenvalue weighted by molar-refractivity contribution is 0.0785. The summed E-state index contributed by atoms with van der Waals surface area (Å²) in [7, 11) is 0. The minimum atomic E-state index is 0.0329. The summed E-state index contributed by atoms with van der Waals surface area (Å²) < 4.78 is 7.04. The molecule has 0 bridgehead atoms. The van der Waals surface area contributed by atoms with Crippen LogP contribution in [-0.2, 0) is 4.74 Å². The minimum Gasteiger partial charge on any atom is -0.374 e. The quantitative estimate of drug-likeness (QED) is 0.713. The SMILES string of the molecule is CCOCC(=O)c1ccn2ccccc12. The molecule has 0 spiro atoms. The number of hydrogen-bond donors (Lipinski definition) is 0. The third kappa shape index (κ3) is 1.92. The van der Waals surface area contributed by atoms with Crippen LogP contribution in [0.1, 0.15) is 17.3 Å². The average Bonchev–Trinajstić information content (AvgIpc) is 2.69. The zero-order valence-electron chi connectivity index (χ0n) is 8.64. The molecule has 15 heavy (non-hydrogen) atoms. The molecular formula is C12H13NO2. The van der Waals surface area contributed by atoms with Crippen molar-refractivity contribution in [2.75, 3.05) is 13.2 Å². The van der Waals surface area contributed by atoms with Crippen molar-refractivity contribution in [3.8, 4) is 0 Å². The molecule has 0 aliphatic heterocycles. The third-order valence-electron chi connectivity index (χ3n) is 2.31. The number of ketones is 1. The number of carbonyl (C=O) groups is 1. The predicted octanol–water partition coefficient (Wildman–Crippen LogP) is 2.16. The molecule has 0 unspecified atom stereocenters. The van der Waals surface area contributed by atoms with E-state index < -0.39 is 0 Å². The van der Waals surface area contributed by atoms with E-state index in [9.17, 15) is 4.79 Å². The first-order chi connectivity index (χ1) is 7.33. The van der Waals surface area contributed by atoms with Gasteiger partial charge in [0.1, 0.15) is 6.61 Å². The normalized spacial score (nSPS) is 10.7. The second-order valence-electron chi connectivity index (χ2n) is 3.28. The van der Waals surface area contributed by atoms with Gasteiger partial charge in [-0.2, -0.15) is 0 Å². The number of aromatic nitrogens is 1. The molecule has 0 atom stereocenters. The second kappa shape index (κ2) is 4.28. The van der Waals surface area contributed by atoms with Crippen LogP contribution in [0.2, 0.25) is 0 Å². The topological polar surface area (TPSA) is 30.7 Å². The van der Waals surface area contributed by atoms with Crippen LogP contribution in [-0.4, -0.2) is 23.4 Å². The maximum atomic E-state index is 11.7. The number of rotatable bonds is 4. The predicted molar refractivity (Wildman–Crippen MR) is 58.2 cm³/mol. The van der Waals surface area contributed by atoms with Crippen LogP contribution in [0, 0.1) is 0 Å². The molecule has 0 fully saturated rings. The molecule has 2 rings (SSSR count). The second-order valence-corrected chi connectivity index (χ2v) is 3.28. The summed E-state index contributed by atoms with van der Waals surface area (Å²) in [6, 6.07) is 7.62. The van der Waals surface area contributed by atoms with E-state index in [0.717, 1.165) is 11.1 Å². The molecule has 2 aromatic rings. The van der Waals surface area contributed by atoms with E-state index >= 15 is 0 Å². The summed E-state index contributed by atoms with van der Waals surface area (Å²) in [6.45, 7) is 2.60. The van der Waals surface area contributed by atoms with Crippen molar-refractivity contribution in [2.24, 2.45) is 0 Å². The molecule has 2 heterocycles. The number of Topliss-reactive ketones (excluding diaryl/α,β-unsaturated/α-hetero) is 1. The standard InChI is InChI=1S/C12H13NO2/c1-2-15-9-12(14)10-6-8-13-7-4-3-5-11(10)13/h3-8H,2,9H2,1H3. The molecule has 2 aromatic heterocycles. The molecule has 0 radical (unpaired) electrons. The number of carbonyl (C=O) groups excluding carboxylic acids is 1. The van der Waals surface area contributed by atoms with Gasteiger partial charge in [-0.3, -0.25) is 4.79 Å². The van der Waals surface area contributed by atoms with E-state index in [1.165, 1.54) is 0 Å². The van der Waals surface area contributed by atoms with Crippen molar-refractivity contribution < 1.29 is 9.53 Å². The van der Waals surface area contributed by atoms with Gasteiger partial charge in [-0.15, -0.1) is 0 Å². The highest BCUT2D eigenvalue weighted by Crippen LogP contribution is 2.12. The van der Waals surface area contributed by atoms with Crippen LogP contribution in [0.5, 0.6) is 0 Å². The van der Waals surface area contributed by atoms with Crippen LogP contribution >= 0.6 is 0 Å². The number of pyridine rings is 1. The monoisotopic (exact) mass is 203 g/mol. The Morgan fingerprint density at radius 1 is 1.33 bits per heavy atom.